The van der Waals surface area contributed by atoms with Crippen LogP contribution in [0.4, 0.5) is 5.82 Å². The molecule has 0 radical (unpaired) electrons. The molecular weight excluding hydrogens is 350 g/mol. The van der Waals surface area contributed by atoms with E-state index in [1.54, 1.807) is 25.1 Å². The van der Waals surface area contributed by atoms with Gasteiger partial charge in [-0.3, -0.25) is 14.6 Å². The first kappa shape index (κ1) is 18.6. The van der Waals surface area contributed by atoms with Crippen LogP contribution >= 0.6 is 0 Å². The summed E-state index contributed by atoms with van der Waals surface area (Å²) in [5, 5.41) is 18.3. The van der Waals surface area contributed by atoms with Gasteiger partial charge in [0.05, 0.1) is 11.6 Å². The Bertz CT molecular complexity index is 959. The highest BCUT2D eigenvalue weighted by Gasteiger charge is 2.30. The normalized spacial score (nSPS) is 19.0. The Balaban J connectivity index is 1.91. The lowest BCUT2D eigenvalue weighted by Gasteiger charge is -2.28. The number of hydrogen-bond acceptors (Lipinski definition) is 6. The molecule has 2 aromatic heterocycles. The zero-order valence-electron chi connectivity index (χ0n) is 15.1. The minimum absolute atomic E-state index is 0.183. The van der Waals surface area contributed by atoms with Gasteiger partial charge in [-0.05, 0) is 26.2 Å². The Hall–Kier alpha value is -3.23. The molecule has 9 nitrogen and oxygen atoms in total. The number of nitrogens with zero attached hydrogens (tertiary/aromatic N) is 3. The van der Waals surface area contributed by atoms with Gasteiger partial charge in [0, 0.05) is 29.7 Å². The third kappa shape index (κ3) is 3.97. The number of carbonyl (C=O) groups excluding carboxylic acids is 2. The second-order valence-corrected chi connectivity index (χ2v) is 6.46. The van der Waals surface area contributed by atoms with Gasteiger partial charge >= 0.3 is 0 Å². The number of aromatic nitrogens is 4. The molecule has 2 N–H and O–H groups in total. The van der Waals surface area contributed by atoms with Crippen LogP contribution in [0.5, 0.6) is 0 Å². The van der Waals surface area contributed by atoms with E-state index in [9.17, 15) is 19.5 Å². The molecule has 0 aliphatic heterocycles. The minimum atomic E-state index is -1.24. The molecule has 0 fully saturated rings. The third-order valence-electron chi connectivity index (χ3n) is 4.50. The van der Waals surface area contributed by atoms with Crippen LogP contribution in [0.25, 0.3) is 5.95 Å². The van der Waals surface area contributed by atoms with Crippen LogP contribution in [0.1, 0.15) is 31.2 Å². The third-order valence-corrected chi connectivity index (χ3v) is 4.50. The van der Waals surface area contributed by atoms with E-state index in [2.05, 4.69) is 20.4 Å². The molecule has 3 rings (SSSR count). The average molecular weight is 370 g/mol. The zero-order valence-corrected chi connectivity index (χ0v) is 15.1. The van der Waals surface area contributed by atoms with Gasteiger partial charge in [0.15, 0.2) is 0 Å². The van der Waals surface area contributed by atoms with Gasteiger partial charge in [0.25, 0.3) is 5.56 Å². The largest absolute Gasteiger partial charge is 0.550 e. The second-order valence-electron chi connectivity index (χ2n) is 6.46. The van der Waals surface area contributed by atoms with Crippen LogP contribution in [-0.4, -0.2) is 31.6 Å². The summed E-state index contributed by atoms with van der Waals surface area (Å²) in [5.74, 6) is -2.82. The number of H-pyrrole nitrogens is 1. The van der Waals surface area contributed by atoms with Gasteiger partial charge in [0.2, 0.25) is 11.9 Å². The molecule has 2 heterocycles. The van der Waals surface area contributed by atoms with Crippen molar-refractivity contribution in [3.05, 3.63) is 46.0 Å². The van der Waals surface area contributed by atoms with E-state index in [1.807, 2.05) is 6.92 Å². The molecular formula is C18H20N5O4-. The van der Waals surface area contributed by atoms with E-state index in [0.29, 0.717) is 30.0 Å². The van der Waals surface area contributed by atoms with Crippen molar-refractivity contribution in [2.24, 2.45) is 11.8 Å². The predicted octanol–water partition coefficient (Wildman–Crippen LogP) is 0.0972. The fraction of sp³-hybridized carbons (Fsp3) is 0.389. The molecule has 0 unspecified atom stereocenters. The first-order valence-corrected chi connectivity index (χ1v) is 8.73. The number of aromatic amines is 1. The molecule has 27 heavy (non-hydrogen) atoms. The Labute approximate surface area is 155 Å². The number of amides is 1. The lowest BCUT2D eigenvalue weighted by molar-refractivity contribution is -0.313. The second kappa shape index (κ2) is 7.56. The van der Waals surface area contributed by atoms with Crippen LogP contribution < -0.4 is 16.0 Å². The fourth-order valence-electron chi connectivity index (χ4n) is 3.11. The summed E-state index contributed by atoms with van der Waals surface area (Å²) in [6.45, 7) is 3.61. The molecule has 2 aromatic rings. The SMILES string of the molecule is CCc1cc(=O)[nH]c(-n2nc(C)cc2NC(=O)[C@H]2CC=CC[C@@H]2C(=O)[O-])n1. The zero-order chi connectivity index (χ0) is 19.6. The number of aliphatic carboxylic acids is 1. The molecule has 1 aliphatic rings. The van der Waals surface area contributed by atoms with Gasteiger partial charge in [-0.15, -0.1) is 0 Å². The van der Waals surface area contributed by atoms with Crippen molar-refractivity contribution in [1.29, 1.82) is 0 Å². The van der Waals surface area contributed by atoms with E-state index in [1.165, 1.54) is 10.7 Å². The number of hydrogen-bond donors (Lipinski definition) is 2. The monoisotopic (exact) mass is 370 g/mol. The van der Waals surface area contributed by atoms with E-state index in [0.717, 1.165) is 0 Å². The standard InChI is InChI=1S/C18H21N5O4/c1-3-11-9-15(24)21-18(19-11)23-14(8-10(2)22-23)20-16(25)12-6-4-5-7-13(12)17(26)27/h4-5,8-9,12-13H,3,6-7H2,1-2H3,(H,20,25)(H,26,27)(H,19,21,24)/p-1/t12-,13-/m0/s1. The number of rotatable bonds is 5. The lowest BCUT2D eigenvalue weighted by atomic mass is 9.82. The van der Waals surface area contributed by atoms with Gasteiger partial charge in [0.1, 0.15) is 5.82 Å². The Morgan fingerprint density at radius 2 is 2.00 bits per heavy atom. The summed E-state index contributed by atoms with van der Waals surface area (Å²) in [6.07, 6.45) is 4.67. The number of aryl methyl sites for hydroxylation is 2. The summed E-state index contributed by atoms with van der Waals surface area (Å²) in [4.78, 5) is 42.8. The Kier molecular flexibility index (Phi) is 5.20. The number of allylic oxidation sites excluding steroid dienone is 2. The quantitative estimate of drug-likeness (QED) is 0.717. The summed E-state index contributed by atoms with van der Waals surface area (Å²) >= 11 is 0. The van der Waals surface area contributed by atoms with E-state index in [-0.39, 0.29) is 17.9 Å². The fourth-order valence-corrected chi connectivity index (χ4v) is 3.11. The first-order valence-electron chi connectivity index (χ1n) is 8.73. The van der Waals surface area contributed by atoms with Crippen LogP contribution in [0.3, 0.4) is 0 Å². The number of anilines is 1. The summed E-state index contributed by atoms with van der Waals surface area (Å²) in [6, 6.07) is 3.03. The molecule has 9 heteroatoms. The van der Waals surface area contributed by atoms with E-state index >= 15 is 0 Å². The number of carbonyl (C=O) groups is 2. The van der Waals surface area contributed by atoms with Gasteiger partial charge in [-0.1, -0.05) is 19.1 Å². The maximum atomic E-state index is 12.7. The molecule has 142 valence electrons. The smallest absolute Gasteiger partial charge is 0.252 e. The highest BCUT2D eigenvalue weighted by atomic mass is 16.4. The number of nitrogens with one attached hydrogen (secondary N) is 2. The Morgan fingerprint density at radius 3 is 2.67 bits per heavy atom. The van der Waals surface area contributed by atoms with Crippen molar-refractivity contribution >= 4 is 17.7 Å². The van der Waals surface area contributed by atoms with Crippen molar-refractivity contribution in [1.82, 2.24) is 19.7 Å². The summed E-state index contributed by atoms with van der Waals surface area (Å²) < 4.78 is 1.33. The molecule has 0 saturated heterocycles. The molecule has 1 aliphatic carbocycles. The van der Waals surface area contributed by atoms with Crippen LogP contribution in [0, 0.1) is 18.8 Å². The maximum Gasteiger partial charge on any atom is 0.252 e. The molecule has 2 atom stereocenters. The molecule has 0 spiro atoms. The lowest BCUT2D eigenvalue weighted by Crippen LogP contribution is -2.41. The van der Waals surface area contributed by atoms with Crippen molar-refractivity contribution in [2.45, 2.75) is 33.1 Å². The summed E-state index contributed by atoms with van der Waals surface area (Å²) in [5.41, 5.74) is 0.875. The van der Waals surface area contributed by atoms with E-state index < -0.39 is 23.7 Å². The molecule has 0 bridgehead atoms. The maximum absolute atomic E-state index is 12.7. The highest BCUT2D eigenvalue weighted by Crippen LogP contribution is 2.27. The molecule has 1 amide bonds. The van der Waals surface area contributed by atoms with Crippen molar-refractivity contribution in [3.8, 4) is 5.95 Å². The average Bonchev–Trinajstić information content (AvgIpc) is 3.01. The highest BCUT2D eigenvalue weighted by molar-refractivity contribution is 5.94. The number of carboxylic acids is 1. The number of carboxylic acid groups (broad SMARTS) is 1. The minimum Gasteiger partial charge on any atom is -0.550 e. The van der Waals surface area contributed by atoms with Crippen LogP contribution in [-0.2, 0) is 16.0 Å². The van der Waals surface area contributed by atoms with Crippen molar-refractivity contribution in [2.75, 3.05) is 5.32 Å². The van der Waals surface area contributed by atoms with Gasteiger partial charge in [-0.2, -0.15) is 9.78 Å². The van der Waals surface area contributed by atoms with Crippen LogP contribution in [0.15, 0.2) is 29.1 Å². The van der Waals surface area contributed by atoms with Crippen LogP contribution in [0.2, 0.25) is 0 Å². The molecule has 0 saturated carbocycles. The van der Waals surface area contributed by atoms with Gasteiger partial charge < -0.3 is 15.2 Å². The predicted molar refractivity (Wildman–Crippen MR) is 95.1 cm³/mol. The topological polar surface area (TPSA) is 133 Å². The van der Waals surface area contributed by atoms with Gasteiger partial charge in [-0.25, -0.2) is 4.98 Å². The van der Waals surface area contributed by atoms with Crippen molar-refractivity contribution < 1.29 is 14.7 Å². The molecule has 0 aromatic carbocycles. The first-order chi connectivity index (χ1) is 12.9. The summed E-state index contributed by atoms with van der Waals surface area (Å²) in [7, 11) is 0. The van der Waals surface area contributed by atoms with E-state index in [4.69, 9.17) is 0 Å². The Morgan fingerprint density at radius 1 is 1.30 bits per heavy atom. The van der Waals surface area contributed by atoms with Crippen molar-refractivity contribution in [3.63, 3.8) is 0 Å².